The fourth-order valence-electron chi connectivity index (χ4n) is 3.59. The van der Waals surface area contributed by atoms with Crippen LogP contribution in [0.25, 0.3) is 10.8 Å². The molecule has 3 aromatic carbocycles. The van der Waals surface area contributed by atoms with Gasteiger partial charge in [-0.2, -0.15) is 0 Å². The van der Waals surface area contributed by atoms with E-state index in [0.717, 1.165) is 34.2 Å². The summed E-state index contributed by atoms with van der Waals surface area (Å²) >= 11 is 0. The summed E-state index contributed by atoms with van der Waals surface area (Å²) in [6.07, 6.45) is 0.847. The lowest BCUT2D eigenvalue weighted by Gasteiger charge is -2.23. The van der Waals surface area contributed by atoms with Crippen molar-refractivity contribution < 1.29 is 4.79 Å². The highest BCUT2D eigenvalue weighted by Gasteiger charge is 2.27. The van der Waals surface area contributed by atoms with Crippen molar-refractivity contribution in [3.63, 3.8) is 0 Å². The largest absolute Gasteiger partial charge is 0.289 e. The van der Waals surface area contributed by atoms with Gasteiger partial charge in [-0.25, -0.2) is 0 Å². The van der Waals surface area contributed by atoms with E-state index in [9.17, 15) is 4.79 Å². The van der Waals surface area contributed by atoms with Crippen molar-refractivity contribution in [2.24, 2.45) is 0 Å². The molecule has 1 heteroatoms. The molecule has 0 aromatic heterocycles. The minimum absolute atomic E-state index is 0.188. The van der Waals surface area contributed by atoms with E-state index >= 15 is 0 Å². The maximum Gasteiger partial charge on any atom is 0.194 e. The van der Waals surface area contributed by atoms with Crippen LogP contribution in [0.2, 0.25) is 0 Å². The zero-order chi connectivity index (χ0) is 14.6. The van der Waals surface area contributed by atoms with Gasteiger partial charge in [-0.05, 0) is 53.3 Å². The Morgan fingerprint density at radius 1 is 0.857 bits per heavy atom. The molecule has 0 spiro atoms. The van der Waals surface area contributed by atoms with Gasteiger partial charge >= 0.3 is 0 Å². The fraction of sp³-hybridized carbons (Fsp3) is 0.150. The molecule has 0 fully saturated rings. The number of hydrogen-bond acceptors (Lipinski definition) is 1. The lowest BCUT2D eigenvalue weighted by Crippen LogP contribution is -2.18. The van der Waals surface area contributed by atoms with Gasteiger partial charge in [0, 0.05) is 11.1 Å². The van der Waals surface area contributed by atoms with E-state index < -0.39 is 0 Å². The Bertz CT molecular complexity index is 903. The van der Waals surface area contributed by atoms with Crippen LogP contribution in [0.3, 0.4) is 0 Å². The average Bonchev–Trinajstić information content (AvgIpc) is 2.47. The predicted octanol–water partition coefficient (Wildman–Crippen LogP) is 4.59. The minimum atomic E-state index is 0.188. The molecule has 3 aromatic rings. The number of ketones is 1. The van der Waals surface area contributed by atoms with Crippen LogP contribution in [0, 0.1) is 13.8 Å². The molecule has 0 saturated heterocycles. The zero-order valence-electron chi connectivity index (χ0n) is 12.2. The van der Waals surface area contributed by atoms with E-state index in [1.807, 2.05) is 32.0 Å². The third kappa shape index (κ3) is 1.67. The molecule has 0 amide bonds. The standard InChI is InChI=1S/C20H16O/c1-12-6-5-8-15-11-17-16-9-4-3-7-14(16)10-13(2)19(17)20(21)18(12)15/h3-10H,11H2,1-2H3. The molecule has 102 valence electrons. The summed E-state index contributed by atoms with van der Waals surface area (Å²) in [5, 5.41) is 2.43. The number of rotatable bonds is 0. The molecule has 21 heavy (non-hydrogen) atoms. The molecule has 1 aliphatic rings. The van der Waals surface area contributed by atoms with Crippen LogP contribution in [-0.4, -0.2) is 5.78 Å². The second-order valence-corrected chi connectivity index (χ2v) is 5.88. The molecule has 0 radical (unpaired) electrons. The highest BCUT2D eigenvalue weighted by Crippen LogP contribution is 2.35. The minimum Gasteiger partial charge on any atom is -0.289 e. The van der Waals surface area contributed by atoms with Crippen molar-refractivity contribution in [2.75, 3.05) is 0 Å². The molecule has 0 atom stereocenters. The van der Waals surface area contributed by atoms with Crippen molar-refractivity contribution in [1.29, 1.82) is 0 Å². The third-order valence-corrected chi connectivity index (χ3v) is 4.53. The smallest absolute Gasteiger partial charge is 0.194 e. The summed E-state index contributed by atoms with van der Waals surface area (Å²) in [7, 11) is 0. The van der Waals surface area contributed by atoms with Gasteiger partial charge in [-0.1, -0.05) is 48.5 Å². The first-order chi connectivity index (χ1) is 10.2. The quantitative estimate of drug-likeness (QED) is 0.457. The Balaban J connectivity index is 2.10. The van der Waals surface area contributed by atoms with Crippen LogP contribution in [-0.2, 0) is 6.42 Å². The molecule has 4 rings (SSSR count). The molecule has 0 bridgehead atoms. The van der Waals surface area contributed by atoms with Crippen LogP contribution in [0.5, 0.6) is 0 Å². The number of carbonyl (C=O) groups excluding carboxylic acids is 1. The number of aryl methyl sites for hydroxylation is 2. The molecular weight excluding hydrogens is 256 g/mol. The maximum absolute atomic E-state index is 13.0. The zero-order valence-corrected chi connectivity index (χ0v) is 12.2. The predicted molar refractivity (Wildman–Crippen MR) is 86.1 cm³/mol. The van der Waals surface area contributed by atoms with E-state index in [-0.39, 0.29) is 5.78 Å². The van der Waals surface area contributed by atoms with Crippen LogP contribution in [0.15, 0.2) is 48.5 Å². The van der Waals surface area contributed by atoms with Crippen LogP contribution in [0.4, 0.5) is 0 Å². The van der Waals surface area contributed by atoms with E-state index in [4.69, 9.17) is 0 Å². The van der Waals surface area contributed by atoms with E-state index in [1.165, 1.54) is 16.3 Å². The Labute approximate surface area is 124 Å². The highest BCUT2D eigenvalue weighted by atomic mass is 16.1. The average molecular weight is 272 g/mol. The van der Waals surface area contributed by atoms with Gasteiger partial charge < -0.3 is 0 Å². The van der Waals surface area contributed by atoms with Gasteiger partial charge in [-0.15, -0.1) is 0 Å². The molecule has 0 heterocycles. The Morgan fingerprint density at radius 3 is 2.52 bits per heavy atom. The van der Waals surface area contributed by atoms with Crippen LogP contribution in [0.1, 0.15) is 38.2 Å². The van der Waals surface area contributed by atoms with Crippen molar-refractivity contribution in [3.8, 4) is 0 Å². The van der Waals surface area contributed by atoms with Gasteiger partial charge in [0.25, 0.3) is 0 Å². The fourth-order valence-corrected chi connectivity index (χ4v) is 3.59. The van der Waals surface area contributed by atoms with E-state index in [0.29, 0.717) is 0 Å². The Kier molecular flexibility index (Phi) is 2.52. The van der Waals surface area contributed by atoms with Gasteiger partial charge in [0.15, 0.2) is 5.78 Å². The number of fused-ring (bicyclic) bond motifs is 4. The number of benzene rings is 3. The SMILES string of the molecule is Cc1cccc2c1C(=O)c1c(C)cc3ccccc3c1C2. The number of carbonyl (C=O) groups is 1. The lowest BCUT2D eigenvalue weighted by atomic mass is 9.79. The van der Waals surface area contributed by atoms with Gasteiger partial charge in [0.1, 0.15) is 0 Å². The van der Waals surface area contributed by atoms with Gasteiger partial charge in [0.2, 0.25) is 0 Å². The van der Waals surface area contributed by atoms with Crippen molar-refractivity contribution in [1.82, 2.24) is 0 Å². The molecule has 1 nitrogen and oxygen atoms in total. The summed E-state index contributed by atoms with van der Waals surface area (Å²) in [4.78, 5) is 13.0. The topological polar surface area (TPSA) is 17.1 Å². The second-order valence-electron chi connectivity index (χ2n) is 5.88. The van der Waals surface area contributed by atoms with Crippen LogP contribution >= 0.6 is 0 Å². The monoisotopic (exact) mass is 272 g/mol. The highest BCUT2D eigenvalue weighted by molar-refractivity contribution is 6.16. The van der Waals surface area contributed by atoms with Gasteiger partial charge in [0.05, 0.1) is 0 Å². The lowest BCUT2D eigenvalue weighted by molar-refractivity contribution is 0.103. The molecule has 0 aliphatic heterocycles. The normalized spacial score (nSPS) is 13.1. The molecule has 0 N–H and O–H groups in total. The van der Waals surface area contributed by atoms with Gasteiger partial charge in [-0.3, -0.25) is 4.79 Å². The van der Waals surface area contributed by atoms with Crippen LogP contribution < -0.4 is 0 Å². The summed E-state index contributed by atoms with van der Waals surface area (Å²) in [6.45, 7) is 4.07. The first-order valence-corrected chi connectivity index (χ1v) is 7.31. The van der Waals surface area contributed by atoms with Crippen molar-refractivity contribution >= 4 is 16.6 Å². The molecular formula is C20H16O. The number of hydrogen-bond donors (Lipinski definition) is 0. The molecule has 0 unspecified atom stereocenters. The van der Waals surface area contributed by atoms with Crippen molar-refractivity contribution in [2.45, 2.75) is 20.3 Å². The second kappa shape index (κ2) is 4.29. The summed E-state index contributed by atoms with van der Waals surface area (Å²) in [6, 6.07) is 16.6. The Hall–Kier alpha value is -2.41. The summed E-state index contributed by atoms with van der Waals surface area (Å²) in [5.41, 5.74) is 6.33. The summed E-state index contributed by atoms with van der Waals surface area (Å²) in [5.74, 6) is 0.188. The van der Waals surface area contributed by atoms with E-state index in [1.54, 1.807) is 0 Å². The maximum atomic E-state index is 13.0. The first kappa shape index (κ1) is 12.3. The van der Waals surface area contributed by atoms with E-state index in [2.05, 4.69) is 30.3 Å². The molecule has 1 aliphatic carbocycles. The molecule has 0 saturated carbocycles. The summed E-state index contributed by atoms with van der Waals surface area (Å²) < 4.78 is 0. The first-order valence-electron chi connectivity index (χ1n) is 7.31. The third-order valence-electron chi connectivity index (χ3n) is 4.53. The van der Waals surface area contributed by atoms with Crippen molar-refractivity contribution in [3.05, 3.63) is 81.9 Å². The Morgan fingerprint density at radius 2 is 1.67 bits per heavy atom.